The number of oxazole rings is 1. The Morgan fingerprint density at radius 3 is 2.82 bits per heavy atom. The van der Waals surface area contributed by atoms with Crippen LogP contribution < -0.4 is 0 Å². The van der Waals surface area contributed by atoms with E-state index in [2.05, 4.69) is 24.0 Å². The fourth-order valence-electron chi connectivity index (χ4n) is 1.79. The normalized spacial score (nSPS) is 12.6. The maximum atomic E-state index is 9.26. The number of aliphatic hydroxyl groups excluding tert-OH is 1. The van der Waals surface area contributed by atoms with Crippen molar-refractivity contribution >= 4 is 0 Å². The third-order valence-electron chi connectivity index (χ3n) is 2.70. The van der Waals surface area contributed by atoms with Crippen LogP contribution >= 0.6 is 0 Å². The van der Waals surface area contributed by atoms with Crippen LogP contribution in [0.3, 0.4) is 0 Å². The van der Waals surface area contributed by atoms with Crippen molar-refractivity contribution in [1.29, 1.82) is 0 Å². The van der Waals surface area contributed by atoms with E-state index in [0.717, 1.165) is 5.76 Å². The first-order valence-corrected chi connectivity index (χ1v) is 5.81. The van der Waals surface area contributed by atoms with Gasteiger partial charge in [-0.1, -0.05) is 24.3 Å². The number of nitrogens with zero attached hydrogens (tertiary/aromatic N) is 1. The molecule has 2 rings (SSSR count). The Labute approximate surface area is 101 Å². The van der Waals surface area contributed by atoms with Crippen molar-refractivity contribution in [2.75, 3.05) is 0 Å². The van der Waals surface area contributed by atoms with E-state index in [0.29, 0.717) is 18.7 Å². The van der Waals surface area contributed by atoms with E-state index in [9.17, 15) is 5.11 Å². The molecule has 0 aliphatic heterocycles. The molecule has 1 N–H and O–H groups in total. The fourth-order valence-corrected chi connectivity index (χ4v) is 1.79. The van der Waals surface area contributed by atoms with Crippen LogP contribution in [0.1, 0.15) is 29.7 Å². The summed E-state index contributed by atoms with van der Waals surface area (Å²) in [6.07, 6.45) is 2.52. The SMILES string of the molecule is Cc1ccccc1Cc1ncc(CC(C)O)o1. The monoisotopic (exact) mass is 231 g/mol. The van der Waals surface area contributed by atoms with Gasteiger partial charge in [0.2, 0.25) is 0 Å². The van der Waals surface area contributed by atoms with Crippen LogP contribution in [0.4, 0.5) is 0 Å². The van der Waals surface area contributed by atoms with E-state index in [1.165, 1.54) is 11.1 Å². The predicted octanol–water partition coefficient (Wildman–Crippen LogP) is 2.50. The van der Waals surface area contributed by atoms with Gasteiger partial charge in [-0.3, -0.25) is 0 Å². The number of rotatable bonds is 4. The van der Waals surface area contributed by atoms with Crippen LogP contribution in [-0.4, -0.2) is 16.2 Å². The van der Waals surface area contributed by atoms with Crippen molar-refractivity contribution in [3.63, 3.8) is 0 Å². The highest BCUT2D eigenvalue weighted by Gasteiger charge is 2.08. The maximum absolute atomic E-state index is 9.26. The molecule has 0 bridgehead atoms. The minimum Gasteiger partial charge on any atom is -0.445 e. The first kappa shape index (κ1) is 11.9. The van der Waals surface area contributed by atoms with E-state index < -0.39 is 6.10 Å². The molecule has 2 aromatic rings. The van der Waals surface area contributed by atoms with Crippen molar-refractivity contribution in [3.05, 3.63) is 53.2 Å². The number of benzene rings is 1. The third kappa shape index (κ3) is 3.17. The molecule has 1 heterocycles. The second-order valence-corrected chi connectivity index (χ2v) is 4.38. The van der Waals surface area contributed by atoms with Gasteiger partial charge in [0, 0.05) is 12.8 Å². The number of aliphatic hydroxyl groups is 1. The topological polar surface area (TPSA) is 46.3 Å². The Morgan fingerprint density at radius 2 is 2.12 bits per heavy atom. The predicted molar refractivity (Wildman–Crippen MR) is 65.9 cm³/mol. The van der Waals surface area contributed by atoms with Gasteiger partial charge in [0.15, 0.2) is 5.89 Å². The smallest absolute Gasteiger partial charge is 0.198 e. The molecule has 0 fully saturated rings. The van der Waals surface area contributed by atoms with Gasteiger partial charge >= 0.3 is 0 Å². The largest absolute Gasteiger partial charge is 0.445 e. The van der Waals surface area contributed by atoms with Crippen LogP contribution in [0, 0.1) is 6.92 Å². The summed E-state index contributed by atoms with van der Waals surface area (Å²) in [6.45, 7) is 3.82. The molecule has 1 aromatic heterocycles. The molecule has 1 unspecified atom stereocenters. The van der Waals surface area contributed by atoms with E-state index in [-0.39, 0.29) is 0 Å². The second kappa shape index (κ2) is 5.15. The Kier molecular flexibility index (Phi) is 3.59. The zero-order valence-electron chi connectivity index (χ0n) is 10.2. The standard InChI is InChI=1S/C14H17NO2/c1-10-5-3-4-6-12(10)8-14-15-9-13(17-14)7-11(2)16/h3-6,9,11,16H,7-8H2,1-2H3. The van der Waals surface area contributed by atoms with Gasteiger partial charge in [-0.25, -0.2) is 4.98 Å². The number of hydrogen-bond donors (Lipinski definition) is 1. The first-order valence-electron chi connectivity index (χ1n) is 5.81. The van der Waals surface area contributed by atoms with Crippen LogP contribution in [0.15, 0.2) is 34.9 Å². The summed E-state index contributed by atoms with van der Waals surface area (Å²) < 4.78 is 5.58. The molecule has 1 atom stereocenters. The molecule has 90 valence electrons. The molecule has 0 aliphatic carbocycles. The molecule has 0 aliphatic rings. The Hall–Kier alpha value is -1.61. The quantitative estimate of drug-likeness (QED) is 0.879. The highest BCUT2D eigenvalue weighted by atomic mass is 16.4. The fraction of sp³-hybridized carbons (Fsp3) is 0.357. The number of aromatic nitrogens is 1. The van der Waals surface area contributed by atoms with Gasteiger partial charge in [0.25, 0.3) is 0 Å². The molecule has 3 nitrogen and oxygen atoms in total. The minimum atomic E-state index is -0.394. The zero-order chi connectivity index (χ0) is 12.3. The molecule has 3 heteroatoms. The number of hydrogen-bond acceptors (Lipinski definition) is 3. The lowest BCUT2D eigenvalue weighted by Gasteiger charge is -2.02. The lowest BCUT2D eigenvalue weighted by Crippen LogP contribution is -2.02. The van der Waals surface area contributed by atoms with Crippen LogP contribution in [0.5, 0.6) is 0 Å². The summed E-state index contributed by atoms with van der Waals surface area (Å²) in [7, 11) is 0. The average molecular weight is 231 g/mol. The Balaban J connectivity index is 2.09. The van der Waals surface area contributed by atoms with Crippen LogP contribution in [0.2, 0.25) is 0 Å². The minimum absolute atomic E-state index is 0.394. The van der Waals surface area contributed by atoms with E-state index in [1.54, 1.807) is 13.1 Å². The highest BCUT2D eigenvalue weighted by Crippen LogP contribution is 2.14. The van der Waals surface area contributed by atoms with E-state index in [4.69, 9.17) is 4.42 Å². The lowest BCUT2D eigenvalue weighted by molar-refractivity contribution is 0.186. The van der Waals surface area contributed by atoms with Gasteiger partial charge < -0.3 is 9.52 Å². The molecular weight excluding hydrogens is 214 g/mol. The maximum Gasteiger partial charge on any atom is 0.198 e. The lowest BCUT2D eigenvalue weighted by atomic mass is 10.1. The zero-order valence-corrected chi connectivity index (χ0v) is 10.2. The molecular formula is C14H17NO2. The van der Waals surface area contributed by atoms with E-state index in [1.807, 2.05) is 12.1 Å². The second-order valence-electron chi connectivity index (χ2n) is 4.38. The average Bonchev–Trinajstić information content (AvgIpc) is 2.68. The molecule has 1 aromatic carbocycles. The number of aryl methyl sites for hydroxylation is 1. The van der Waals surface area contributed by atoms with E-state index >= 15 is 0 Å². The molecule has 17 heavy (non-hydrogen) atoms. The van der Waals surface area contributed by atoms with Gasteiger partial charge in [-0.2, -0.15) is 0 Å². The van der Waals surface area contributed by atoms with Gasteiger partial charge in [0.1, 0.15) is 5.76 Å². The van der Waals surface area contributed by atoms with Gasteiger partial charge in [-0.05, 0) is 25.0 Å². The van der Waals surface area contributed by atoms with Crippen molar-refractivity contribution in [1.82, 2.24) is 4.98 Å². The summed E-state index contributed by atoms with van der Waals surface area (Å²) in [4.78, 5) is 4.23. The summed E-state index contributed by atoms with van der Waals surface area (Å²) in [5, 5.41) is 9.26. The van der Waals surface area contributed by atoms with Crippen LogP contribution in [-0.2, 0) is 12.8 Å². The summed E-state index contributed by atoms with van der Waals surface area (Å²) in [5.74, 6) is 1.44. The highest BCUT2D eigenvalue weighted by molar-refractivity contribution is 5.27. The molecule has 0 radical (unpaired) electrons. The Bertz CT molecular complexity index is 488. The van der Waals surface area contributed by atoms with Crippen molar-refractivity contribution < 1.29 is 9.52 Å². The molecule has 0 spiro atoms. The first-order chi connectivity index (χ1) is 8.15. The van der Waals surface area contributed by atoms with Crippen LogP contribution in [0.25, 0.3) is 0 Å². The third-order valence-corrected chi connectivity index (χ3v) is 2.70. The molecule has 0 saturated carbocycles. The summed E-state index contributed by atoms with van der Waals surface area (Å²) in [6, 6.07) is 8.19. The van der Waals surface area contributed by atoms with Crippen molar-refractivity contribution in [2.45, 2.75) is 32.8 Å². The van der Waals surface area contributed by atoms with Gasteiger partial charge in [-0.15, -0.1) is 0 Å². The van der Waals surface area contributed by atoms with Gasteiger partial charge in [0.05, 0.1) is 12.3 Å². The summed E-state index contributed by atoms with van der Waals surface area (Å²) in [5.41, 5.74) is 2.46. The van der Waals surface area contributed by atoms with Crippen molar-refractivity contribution in [3.8, 4) is 0 Å². The Morgan fingerprint density at radius 1 is 1.35 bits per heavy atom. The van der Waals surface area contributed by atoms with Crippen molar-refractivity contribution in [2.24, 2.45) is 0 Å². The summed E-state index contributed by atoms with van der Waals surface area (Å²) >= 11 is 0. The molecule has 0 saturated heterocycles. The molecule has 0 amide bonds.